The van der Waals surface area contributed by atoms with Gasteiger partial charge in [-0.25, -0.2) is 9.59 Å². The number of nitrogens with one attached hydrogen (secondary N) is 3. The Kier molecular flexibility index (Phi) is 8.25. The second-order valence-corrected chi connectivity index (χ2v) is 9.10. The summed E-state index contributed by atoms with van der Waals surface area (Å²) in [6.45, 7) is 3.71. The summed E-state index contributed by atoms with van der Waals surface area (Å²) < 4.78 is 0.884. The summed E-state index contributed by atoms with van der Waals surface area (Å²) in [5.74, 6) is -1.92. The van der Waals surface area contributed by atoms with Gasteiger partial charge in [0.15, 0.2) is 0 Å². The van der Waals surface area contributed by atoms with Crippen LogP contribution in [0.2, 0.25) is 0 Å². The molecule has 184 valence electrons. The summed E-state index contributed by atoms with van der Waals surface area (Å²) >= 11 is 0. The number of carboxylic acids is 1. The number of hydrogen-bond donors (Lipinski definition) is 4. The van der Waals surface area contributed by atoms with Gasteiger partial charge in [0.05, 0.1) is 10.9 Å². The number of benzene rings is 1. The minimum atomic E-state index is -1.02. The van der Waals surface area contributed by atoms with Gasteiger partial charge in [-0.05, 0) is 49.7 Å². The first-order valence-electron chi connectivity index (χ1n) is 11.7. The van der Waals surface area contributed by atoms with E-state index in [2.05, 4.69) is 15.6 Å². The van der Waals surface area contributed by atoms with E-state index in [1.165, 1.54) is 0 Å². The van der Waals surface area contributed by atoms with Crippen LogP contribution < -0.4 is 21.9 Å². The zero-order valence-corrected chi connectivity index (χ0v) is 19.5. The number of aliphatic carboxylic acids is 1. The lowest BCUT2D eigenvalue weighted by Gasteiger charge is -2.29. The standard InChI is InChI=1S/C24H32N4O6/c1-3-14(2)20(23(32)33)27-21(30)16-10-8-15(9-11-16)12-25-19(29)13-28-22(31)17-6-4-5-7-18(17)26-24(28)34/h4-7,14-16,20H,3,8-13H2,1-2H3,(H,25,29)(H,26,34)(H,27,30)(H,32,33)/t14?,15?,16?,20-/m0/s1. The number of nitrogens with zero attached hydrogens (tertiary/aromatic N) is 1. The SMILES string of the molecule is CCC(C)[C@H](NC(=O)C1CCC(CNC(=O)Cn2c(=O)[nH]c3ccccc3c2=O)CC1)C(=O)O. The van der Waals surface area contributed by atoms with Crippen molar-refractivity contribution in [3.05, 3.63) is 45.1 Å². The van der Waals surface area contributed by atoms with Crippen LogP contribution in [0.25, 0.3) is 10.9 Å². The molecule has 1 aromatic carbocycles. The highest BCUT2D eigenvalue weighted by Gasteiger charge is 2.31. The minimum absolute atomic E-state index is 0.157. The maximum Gasteiger partial charge on any atom is 0.329 e. The summed E-state index contributed by atoms with van der Waals surface area (Å²) in [6, 6.07) is 5.73. The molecule has 1 aliphatic rings. The molecule has 0 bridgehead atoms. The second-order valence-electron chi connectivity index (χ2n) is 9.10. The van der Waals surface area contributed by atoms with Crippen LogP contribution in [0.15, 0.2) is 33.9 Å². The van der Waals surface area contributed by atoms with Gasteiger partial charge in [-0.2, -0.15) is 0 Å². The molecule has 2 amide bonds. The fraction of sp³-hybridized carbons (Fsp3) is 0.542. The fourth-order valence-corrected chi connectivity index (χ4v) is 4.38. The van der Waals surface area contributed by atoms with Gasteiger partial charge in [-0.3, -0.25) is 19.0 Å². The fourth-order valence-electron chi connectivity index (χ4n) is 4.38. The van der Waals surface area contributed by atoms with Gasteiger partial charge in [0, 0.05) is 12.5 Å². The van der Waals surface area contributed by atoms with Crippen LogP contribution in [0, 0.1) is 17.8 Å². The van der Waals surface area contributed by atoms with Gasteiger partial charge in [-0.15, -0.1) is 0 Å². The molecule has 0 spiro atoms. The number of aromatic amines is 1. The topological polar surface area (TPSA) is 150 Å². The molecule has 4 N–H and O–H groups in total. The van der Waals surface area contributed by atoms with E-state index >= 15 is 0 Å². The molecule has 10 heteroatoms. The molecule has 3 rings (SSSR count). The summed E-state index contributed by atoms with van der Waals surface area (Å²) in [4.78, 5) is 63.8. The molecule has 1 fully saturated rings. The van der Waals surface area contributed by atoms with E-state index in [1.54, 1.807) is 31.2 Å². The average Bonchev–Trinajstić information content (AvgIpc) is 2.83. The van der Waals surface area contributed by atoms with E-state index in [0.717, 1.165) is 17.4 Å². The van der Waals surface area contributed by atoms with E-state index in [1.807, 2.05) is 6.92 Å². The largest absolute Gasteiger partial charge is 0.480 e. The molecule has 1 aliphatic carbocycles. The Labute approximate surface area is 196 Å². The van der Waals surface area contributed by atoms with E-state index < -0.39 is 29.2 Å². The first-order valence-corrected chi connectivity index (χ1v) is 11.7. The number of fused-ring (bicyclic) bond motifs is 1. The van der Waals surface area contributed by atoms with Crippen LogP contribution in [-0.4, -0.2) is 45.0 Å². The normalized spacial score (nSPS) is 19.8. The zero-order valence-electron chi connectivity index (χ0n) is 19.5. The molecule has 2 atom stereocenters. The van der Waals surface area contributed by atoms with Crippen molar-refractivity contribution < 1.29 is 19.5 Å². The zero-order chi connectivity index (χ0) is 24.8. The molecule has 0 saturated heterocycles. The quantitative estimate of drug-likeness (QED) is 0.431. The van der Waals surface area contributed by atoms with Gasteiger partial charge in [-0.1, -0.05) is 32.4 Å². The Morgan fingerprint density at radius 3 is 2.47 bits per heavy atom. The number of para-hydroxylation sites is 1. The highest BCUT2D eigenvalue weighted by atomic mass is 16.4. The lowest BCUT2D eigenvalue weighted by Crippen LogP contribution is -2.48. The molecular weight excluding hydrogens is 440 g/mol. The number of aromatic nitrogens is 2. The monoisotopic (exact) mass is 472 g/mol. The van der Waals surface area contributed by atoms with Crippen LogP contribution in [0.4, 0.5) is 0 Å². The van der Waals surface area contributed by atoms with Crippen molar-refractivity contribution in [1.82, 2.24) is 20.2 Å². The lowest BCUT2D eigenvalue weighted by atomic mass is 9.81. The number of carboxylic acid groups (broad SMARTS) is 1. The molecule has 1 aromatic heterocycles. The summed E-state index contributed by atoms with van der Waals surface area (Å²) in [6.07, 6.45) is 3.32. The van der Waals surface area contributed by atoms with Crippen molar-refractivity contribution in [2.75, 3.05) is 6.54 Å². The first kappa shape index (κ1) is 25.2. The number of rotatable bonds is 9. The van der Waals surface area contributed by atoms with E-state index in [9.17, 15) is 29.1 Å². The minimum Gasteiger partial charge on any atom is -0.480 e. The van der Waals surface area contributed by atoms with E-state index in [-0.39, 0.29) is 30.2 Å². The number of carbonyl (C=O) groups excluding carboxylic acids is 2. The highest BCUT2D eigenvalue weighted by Crippen LogP contribution is 2.29. The summed E-state index contributed by atoms with van der Waals surface area (Å²) in [7, 11) is 0. The molecular formula is C24H32N4O6. The Balaban J connectivity index is 1.49. The van der Waals surface area contributed by atoms with Crippen LogP contribution >= 0.6 is 0 Å². The average molecular weight is 473 g/mol. The number of carbonyl (C=O) groups is 3. The van der Waals surface area contributed by atoms with Crippen molar-refractivity contribution in [3.8, 4) is 0 Å². The molecule has 2 aromatic rings. The van der Waals surface area contributed by atoms with Crippen molar-refractivity contribution in [3.63, 3.8) is 0 Å². The van der Waals surface area contributed by atoms with Crippen molar-refractivity contribution >= 4 is 28.7 Å². The number of H-pyrrole nitrogens is 1. The predicted molar refractivity (Wildman–Crippen MR) is 126 cm³/mol. The van der Waals surface area contributed by atoms with E-state index in [4.69, 9.17) is 0 Å². The predicted octanol–water partition coefficient (Wildman–Crippen LogP) is 1.23. The van der Waals surface area contributed by atoms with Gasteiger partial charge >= 0.3 is 11.7 Å². The van der Waals surface area contributed by atoms with Crippen LogP contribution in [-0.2, 0) is 20.9 Å². The van der Waals surface area contributed by atoms with Crippen molar-refractivity contribution in [2.45, 2.75) is 58.5 Å². The molecule has 1 heterocycles. The summed E-state index contributed by atoms with van der Waals surface area (Å²) in [5, 5.41) is 15.2. The van der Waals surface area contributed by atoms with Crippen LogP contribution in [0.3, 0.4) is 0 Å². The van der Waals surface area contributed by atoms with Crippen molar-refractivity contribution in [2.24, 2.45) is 17.8 Å². The van der Waals surface area contributed by atoms with Crippen LogP contribution in [0.5, 0.6) is 0 Å². The van der Waals surface area contributed by atoms with Gasteiger partial charge < -0.3 is 20.7 Å². The first-order chi connectivity index (χ1) is 16.2. The molecule has 1 unspecified atom stereocenters. The maximum atomic E-state index is 12.6. The summed E-state index contributed by atoms with van der Waals surface area (Å²) in [5.41, 5.74) is -0.728. The molecule has 1 saturated carbocycles. The number of amides is 2. The van der Waals surface area contributed by atoms with Gasteiger partial charge in [0.25, 0.3) is 5.56 Å². The third-order valence-corrected chi connectivity index (χ3v) is 6.77. The molecule has 0 radical (unpaired) electrons. The maximum absolute atomic E-state index is 12.6. The third-order valence-electron chi connectivity index (χ3n) is 6.77. The Morgan fingerprint density at radius 1 is 1.15 bits per heavy atom. The highest BCUT2D eigenvalue weighted by molar-refractivity contribution is 5.85. The van der Waals surface area contributed by atoms with Gasteiger partial charge in [0.2, 0.25) is 11.8 Å². The Hall–Kier alpha value is -3.43. The van der Waals surface area contributed by atoms with E-state index in [0.29, 0.717) is 36.7 Å². The van der Waals surface area contributed by atoms with Gasteiger partial charge in [0.1, 0.15) is 12.6 Å². The second kappa shape index (κ2) is 11.1. The molecule has 34 heavy (non-hydrogen) atoms. The Morgan fingerprint density at radius 2 is 1.82 bits per heavy atom. The van der Waals surface area contributed by atoms with Crippen LogP contribution in [0.1, 0.15) is 46.0 Å². The Bertz CT molecular complexity index is 1160. The molecule has 0 aliphatic heterocycles. The molecule has 10 nitrogen and oxygen atoms in total. The lowest BCUT2D eigenvalue weighted by molar-refractivity contribution is -0.144. The van der Waals surface area contributed by atoms with Crippen molar-refractivity contribution in [1.29, 1.82) is 0 Å². The number of hydrogen-bond acceptors (Lipinski definition) is 5. The third kappa shape index (κ3) is 5.92. The smallest absolute Gasteiger partial charge is 0.329 e.